The van der Waals surface area contributed by atoms with Crippen molar-refractivity contribution in [2.24, 2.45) is 0 Å². The Hall–Kier alpha value is -1.94. The Balaban J connectivity index is 1.89. The van der Waals surface area contributed by atoms with Crippen molar-refractivity contribution in [3.8, 4) is 5.75 Å². The summed E-state index contributed by atoms with van der Waals surface area (Å²) in [7, 11) is 0. The van der Waals surface area contributed by atoms with Gasteiger partial charge in [0.05, 0.1) is 4.88 Å². The van der Waals surface area contributed by atoms with E-state index in [1.165, 1.54) is 11.3 Å². The molecule has 0 unspecified atom stereocenters. The fourth-order valence-electron chi connectivity index (χ4n) is 1.65. The summed E-state index contributed by atoms with van der Waals surface area (Å²) in [6.45, 7) is 1.59. The number of rotatable bonds is 6. The maximum Gasteiger partial charge on any atom is 0.210 e. The summed E-state index contributed by atoms with van der Waals surface area (Å²) in [6, 6.07) is 10.9. The fourth-order valence-corrected chi connectivity index (χ4v) is 2.30. The molecule has 2 aromatic rings. The van der Waals surface area contributed by atoms with Crippen LogP contribution in [-0.4, -0.2) is 18.2 Å². The van der Waals surface area contributed by atoms with E-state index in [9.17, 15) is 9.59 Å². The Morgan fingerprint density at radius 2 is 1.89 bits per heavy atom. The highest BCUT2D eigenvalue weighted by atomic mass is 32.1. The second-order valence-electron chi connectivity index (χ2n) is 4.21. The first-order valence-corrected chi connectivity index (χ1v) is 6.81. The Morgan fingerprint density at radius 1 is 1.16 bits per heavy atom. The van der Waals surface area contributed by atoms with Crippen molar-refractivity contribution in [3.63, 3.8) is 0 Å². The van der Waals surface area contributed by atoms with Crippen molar-refractivity contribution < 1.29 is 14.3 Å². The molecule has 0 aliphatic heterocycles. The summed E-state index contributed by atoms with van der Waals surface area (Å²) >= 11 is 1.41. The molecular formula is C15H14O3S. The lowest BCUT2D eigenvalue weighted by molar-refractivity contribution is -0.116. The van der Waals surface area contributed by atoms with Crippen LogP contribution in [0.3, 0.4) is 0 Å². The van der Waals surface area contributed by atoms with Crippen LogP contribution in [0, 0.1) is 0 Å². The number of hydrogen-bond donors (Lipinski definition) is 0. The van der Waals surface area contributed by atoms with Crippen LogP contribution in [0.1, 0.15) is 22.2 Å². The molecule has 0 fully saturated rings. The van der Waals surface area contributed by atoms with Crippen LogP contribution in [0.4, 0.5) is 0 Å². The number of ketones is 2. The molecule has 4 heteroatoms. The van der Waals surface area contributed by atoms with Crippen LogP contribution in [0.5, 0.6) is 5.75 Å². The highest BCUT2D eigenvalue weighted by Gasteiger charge is 2.07. The van der Waals surface area contributed by atoms with Gasteiger partial charge < -0.3 is 4.74 Å². The summed E-state index contributed by atoms with van der Waals surface area (Å²) in [5.41, 5.74) is 0.949. The average Bonchev–Trinajstić information content (AvgIpc) is 2.91. The van der Waals surface area contributed by atoms with Crippen LogP contribution in [0.2, 0.25) is 0 Å². The number of thiophene rings is 1. The molecule has 0 saturated carbocycles. The van der Waals surface area contributed by atoms with Crippen molar-refractivity contribution in [1.82, 2.24) is 0 Å². The third kappa shape index (κ3) is 4.03. The number of carbonyl (C=O) groups is 2. The first kappa shape index (κ1) is 13.5. The van der Waals surface area contributed by atoms with Gasteiger partial charge >= 0.3 is 0 Å². The standard InChI is InChI=1S/C15H14O3S/c1-11(16)9-12-4-6-13(7-5-12)18-10-14(17)15-3-2-8-19-15/h2-8H,9-10H2,1H3. The summed E-state index contributed by atoms with van der Waals surface area (Å²) in [4.78, 5) is 23.4. The van der Waals surface area contributed by atoms with Gasteiger partial charge in [-0.05, 0) is 36.1 Å². The molecular weight excluding hydrogens is 260 g/mol. The Morgan fingerprint density at radius 3 is 2.47 bits per heavy atom. The predicted octanol–water partition coefficient (Wildman–Crippen LogP) is 3.14. The van der Waals surface area contributed by atoms with Crippen LogP contribution < -0.4 is 4.74 Å². The average molecular weight is 274 g/mol. The van der Waals surface area contributed by atoms with Crippen LogP contribution >= 0.6 is 11.3 Å². The molecule has 0 spiro atoms. The van der Waals surface area contributed by atoms with E-state index in [-0.39, 0.29) is 18.2 Å². The molecule has 1 aromatic carbocycles. The lowest BCUT2D eigenvalue weighted by Crippen LogP contribution is -2.10. The molecule has 2 rings (SSSR count). The summed E-state index contributed by atoms with van der Waals surface area (Å²) < 4.78 is 5.42. The Labute approximate surface area is 115 Å². The summed E-state index contributed by atoms with van der Waals surface area (Å²) in [5.74, 6) is 0.738. The lowest BCUT2D eigenvalue weighted by Gasteiger charge is -2.05. The first-order chi connectivity index (χ1) is 9.15. The molecule has 0 saturated heterocycles. The van der Waals surface area contributed by atoms with Crippen LogP contribution in [0.25, 0.3) is 0 Å². The van der Waals surface area contributed by atoms with Crippen molar-refractivity contribution in [2.75, 3.05) is 6.61 Å². The SMILES string of the molecule is CC(=O)Cc1ccc(OCC(=O)c2cccs2)cc1. The van der Waals surface area contributed by atoms with Crippen molar-refractivity contribution in [3.05, 3.63) is 52.2 Å². The van der Waals surface area contributed by atoms with Gasteiger partial charge in [-0.25, -0.2) is 0 Å². The molecule has 0 bridgehead atoms. The van der Waals surface area contributed by atoms with Crippen molar-refractivity contribution in [2.45, 2.75) is 13.3 Å². The molecule has 0 radical (unpaired) electrons. The third-order valence-electron chi connectivity index (χ3n) is 2.54. The Kier molecular flexibility index (Phi) is 4.47. The van der Waals surface area contributed by atoms with E-state index in [1.54, 1.807) is 25.1 Å². The normalized spacial score (nSPS) is 10.2. The zero-order valence-corrected chi connectivity index (χ0v) is 11.4. The van der Waals surface area contributed by atoms with Crippen LogP contribution in [0.15, 0.2) is 41.8 Å². The highest BCUT2D eigenvalue weighted by molar-refractivity contribution is 7.12. The maximum absolute atomic E-state index is 11.7. The monoisotopic (exact) mass is 274 g/mol. The minimum Gasteiger partial charge on any atom is -0.485 e. The van der Waals surface area contributed by atoms with Gasteiger partial charge in [0.2, 0.25) is 5.78 Å². The van der Waals surface area contributed by atoms with Crippen molar-refractivity contribution >= 4 is 22.9 Å². The molecule has 0 atom stereocenters. The second-order valence-corrected chi connectivity index (χ2v) is 5.16. The summed E-state index contributed by atoms with van der Waals surface area (Å²) in [6.07, 6.45) is 0.425. The molecule has 3 nitrogen and oxygen atoms in total. The van der Waals surface area contributed by atoms with E-state index in [0.717, 1.165) is 5.56 Å². The fraction of sp³-hybridized carbons (Fsp3) is 0.200. The second kappa shape index (κ2) is 6.29. The van der Waals surface area contributed by atoms with E-state index in [4.69, 9.17) is 4.74 Å². The van der Waals surface area contributed by atoms with E-state index >= 15 is 0 Å². The zero-order chi connectivity index (χ0) is 13.7. The quantitative estimate of drug-likeness (QED) is 0.760. The van der Waals surface area contributed by atoms with E-state index in [2.05, 4.69) is 0 Å². The zero-order valence-electron chi connectivity index (χ0n) is 10.6. The van der Waals surface area contributed by atoms with Gasteiger partial charge in [0, 0.05) is 6.42 Å². The molecule has 98 valence electrons. The minimum absolute atomic E-state index is 0.0252. The van der Waals surface area contributed by atoms with E-state index < -0.39 is 0 Å². The lowest BCUT2D eigenvalue weighted by atomic mass is 10.1. The molecule has 0 aliphatic carbocycles. The Bertz CT molecular complexity index is 556. The number of Topliss-reactive ketones (excluding diaryl/α,β-unsaturated/α-hetero) is 2. The molecule has 1 heterocycles. The molecule has 1 aromatic heterocycles. The third-order valence-corrected chi connectivity index (χ3v) is 3.45. The van der Waals surface area contributed by atoms with E-state index in [0.29, 0.717) is 17.0 Å². The molecule has 19 heavy (non-hydrogen) atoms. The molecule has 0 aliphatic rings. The number of benzene rings is 1. The number of ether oxygens (including phenoxy) is 1. The van der Waals surface area contributed by atoms with Gasteiger partial charge in [-0.2, -0.15) is 0 Å². The summed E-state index contributed by atoms with van der Waals surface area (Å²) in [5, 5.41) is 1.86. The minimum atomic E-state index is -0.0252. The molecule has 0 N–H and O–H groups in total. The van der Waals surface area contributed by atoms with Gasteiger partial charge in [-0.15, -0.1) is 11.3 Å². The largest absolute Gasteiger partial charge is 0.485 e. The van der Waals surface area contributed by atoms with Gasteiger partial charge in [-0.3, -0.25) is 9.59 Å². The van der Waals surface area contributed by atoms with E-state index in [1.807, 2.05) is 23.6 Å². The van der Waals surface area contributed by atoms with Gasteiger partial charge in [0.1, 0.15) is 11.5 Å². The molecule has 0 amide bonds. The van der Waals surface area contributed by atoms with Gasteiger partial charge in [0.25, 0.3) is 0 Å². The number of hydrogen-bond acceptors (Lipinski definition) is 4. The topological polar surface area (TPSA) is 43.4 Å². The first-order valence-electron chi connectivity index (χ1n) is 5.93. The van der Waals surface area contributed by atoms with Gasteiger partial charge in [0.15, 0.2) is 6.61 Å². The number of carbonyl (C=O) groups excluding carboxylic acids is 2. The van der Waals surface area contributed by atoms with Crippen molar-refractivity contribution in [1.29, 1.82) is 0 Å². The highest BCUT2D eigenvalue weighted by Crippen LogP contribution is 2.14. The van der Waals surface area contributed by atoms with Crippen LogP contribution in [-0.2, 0) is 11.2 Å². The predicted molar refractivity (Wildman–Crippen MR) is 75.0 cm³/mol. The smallest absolute Gasteiger partial charge is 0.210 e. The van der Waals surface area contributed by atoms with Gasteiger partial charge in [-0.1, -0.05) is 18.2 Å². The maximum atomic E-state index is 11.7.